The van der Waals surface area contributed by atoms with Gasteiger partial charge in [-0.2, -0.15) is 0 Å². The Hall–Kier alpha value is -1.74. The Morgan fingerprint density at radius 2 is 1.64 bits per heavy atom. The summed E-state index contributed by atoms with van der Waals surface area (Å²) in [6.45, 7) is 13.2. The average Bonchev–Trinajstić information content (AvgIpc) is 2.47. The molecule has 0 unspecified atom stereocenters. The smallest absolute Gasteiger partial charge is 0.141 e. The lowest BCUT2D eigenvalue weighted by atomic mass is 9.79. The summed E-state index contributed by atoms with van der Waals surface area (Å²) in [6.07, 6.45) is 0. The zero-order chi connectivity index (χ0) is 19.0. The van der Waals surface area contributed by atoms with Crippen molar-refractivity contribution >= 4 is 17.3 Å². The number of rotatable bonds is 3. The predicted octanol–water partition coefficient (Wildman–Crippen LogP) is 6.39. The van der Waals surface area contributed by atoms with Crippen molar-refractivity contribution in [2.24, 2.45) is 0 Å². The Kier molecular flexibility index (Phi) is 5.38. The molecule has 0 aliphatic rings. The van der Waals surface area contributed by atoms with E-state index in [-0.39, 0.29) is 15.9 Å². The molecule has 2 rings (SSSR count). The van der Waals surface area contributed by atoms with Crippen LogP contribution in [-0.2, 0) is 17.4 Å². The largest absolute Gasteiger partial charge is 0.507 e. The van der Waals surface area contributed by atoms with Crippen molar-refractivity contribution in [3.63, 3.8) is 0 Å². The van der Waals surface area contributed by atoms with Crippen LogP contribution >= 0.6 is 11.6 Å². The fourth-order valence-corrected chi connectivity index (χ4v) is 2.82. The summed E-state index contributed by atoms with van der Waals surface area (Å²) >= 11 is 5.83. The third kappa shape index (κ3) is 4.66. The lowest BCUT2D eigenvalue weighted by molar-refractivity contribution is 0.439. The molecular formula is C21H27ClFNO. The number of hydrogen-bond acceptors (Lipinski definition) is 2. The van der Waals surface area contributed by atoms with Crippen LogP contribution in [0.5, 0.6) is 5.75 Å². The topological polar surface area (TPSA) is 32.3 Å². The SMILES string of the molecule is CC(C)(C)c1cc(CNc2ccc(F)c(Cl)c2)c(O)c(C(C)(C)C)c1. The molecule has 4 heteroatoms. The Balaban J connectivity index is 2.40. The van der Waals surface area contributed by atoms with Gasteiger partial charge in [-0.05, 0) is 46.2 Å². The summed E-state index contributed by atoms with van der Waals surface area (Å²) in [6, 6.07) is 8.63. The lowest BCUT2D eigenvalue weighted by Gasteiger charge is -2.27. The van der Waals surface area contributed by atoms with Crippen molar-refractivity contribution in [3.8, 4) is 5.75 Å². The highest BCUT2D eigenvalue weighted by atomic mass is 35.5. The van der Waals surface area contributed by atoms with Crippen LogP contribution in [0.2, 0.25) is 5.02 Å². The van der Waals surface area contributed by atoms with Gasteiger partial charge in [-0.25, -0.2) is 4.39 Å². The van der Waals surface area contributed by atoms with E-state index in [1.807, 2.05) is 6.07 Å². The highest BCUT2D eigenvalue weighted by Crippen LogP contribution is 2.38. The third-order valence-electron chi connectivity index (χ3n) is 4.27. The number of halogens is 2. The zero-order valence-corrected chi connectivity index (χ0v) is 16.6. The zero-order valence-electron chi connectivity index (χ0n) is 15.8. The van der Waals surface area contributed by atoms with E-state index in [9.17, 15) is 9.50 Å². The van der Waals surface area contributed by atoms with E-state index in [0.29, 0.717) is 18.0 Å². The molecule has 0 aromatic heterocycles. The molecule has 2 aromatic rings. The Labute approximate surface area is 155 Å². The van der Waals surface area contributed by atoms with Crippen molar-refractivity contribution < 1.29 is 9.50 Å². The van der Waals surface area contributed by atoms with Crippen LogP contribution in [0.15, 0.2) is 30.3 Å². The van der Waals surface area contributed by atoms with Gasteiger partial charge in [-0.1, -0.05) is 59.2 Å². The number of anilines is 1. The number of nitrogens with one attached hydrogen (secondary N) is 1. The second-order valence-corrected chi connectivity index (χ2v) is 8.92. The maximum absolute atomic E-state index is 13.3. The monoisotopic (exact) mass is 363 g/mol. The molecule has 0 heterocycles. The molecule has 2 nitrogen and oxygen atoms in total. The summed E-state index contributed by atoms with van der Waals surface area (Å²) < 4.78 is 13.3. The Bertz CT molecular complexity index is 773. The van der Waals surface area contributed by atoms with Gasteiger partial charge in [0.15, 0.2) is 0 Å². The van der Waals surface area contributed by atoms with E-state index < -0.39 is 5.82 Å². The quantitative estimate of drug-likeness (QED) is 0.662. The fraction of sp³-hybridized carbons (Fsp3) is 0.429. The van der Waals surface area contributed by atoms with Crippen molar-refractivity contribution in [1.82, 2.24) is 0 Å². The summed E-state index contributed by atoms with van der Waals surface area (Å²) in [5.74, 6) is -0.138. The summed E-state index contributed by atoms with van der Waals surface area (Å²) in [5, 5.41) is 14.1. The highest BCUT2D eigenvalue weighted by Gasteiger charge is 2.24. The Morgan fingerprint density at radius 1 is 1.00 bits per heavy atom. The molecule has 0 saturated heterocycles. The van der Waals surface area contributed by atoms with Gasteiger partial charge in [-0.3, -0.25) is 0 Å². The molecule has 0 amide bonds. The van der Waals surface area contributed by atoms with Crippen LogP contribution in [0, 0.1) is 5.82 Å². The van der Waals surface area contributed by atoms with E-state index in [1.54, 1.807) is 12.1 Å². The van der Waals surface area contributed by atoms with Gasteiger partial charge in [0.1, 0.15) is 11.6 Å². The minimum atomic E-state index is -0.445. The number of benzene rings is 2. The van der Waals surface area contributed by atoms with Gasteiger partial charge >= 0.3 is 0 Å². The van der Waals surface area contributed by atoms with Crippen molar-refractivity contribution in [3.05, 3.63) is 57.9 Å². The molecule has 2 aromatic carbocycles. The van der Waals surface area contributed by atoms with E-state index in [2.05, 4.69) is 52.9 Å². The summed E-state index contributed by atoms with van der Waals surface area (Å²) in [7, 11) is 0. The van der Waals surface area contributed by atoms with Crippen molar-refractivity contribution in [2.75, 3.05) is 5.32 Å². The second kappa shape index (κ2) is 6.87. The van der Waals surface area contributed by atoms with Gasteiger partial charge in [0.05, 0.1) is 5.02 Å². The summed E-state index contributed by atoms with van der Waals surface area (Å²) in [5.41, 5.74) is 3.43. The predicted molar refractivity (Wildman–Crippen MR) is 104 cm³/mol. The first-order valence-electron chi connectivity index (χ1n) is 8.45. The molecule has 0 bridgehead atoms. The van der Waals surface area contributed by atoms with Gasteiger partial charge in [-0.15, -0.1) is 0 Å². The van der Waals surface area contributed by atoms with Crippen LogP contribution in [0.25, 0.3) is 0 Å². The van der Waals surface area contributed by atoms with Gasteiger partial charge in [0.25, 0.3) is 0 Å². The van der Waals surface area contributed by atoms with Crippen LogP contribution in [-0.4, -0.2) is 5.11 Å². The van der Waals surface area contributed by atoms with Gasteiger partial charge < -0.3 is 10.4 Å². The lowest BCUT2D eigenvalue weighted by Crippen LogP contribution is -2.18. The van der Waals surface area contributed by atoms with Crippen LogP contribution in [0.1, 0.15) is 58.2 Å². The number of aromatic hydroxyl groups is 1. The molecule has 0 spiro atoms. The minimum Gasteiger partial charge on any atom is -0.507 e. The van der Waals surface area contributed by atoms with Gasteiger partial charge in [0, 0.05) is 17.8 Å². The van der Waals surface area contributed by atoms with Crippen molar-refractivity contribution in [1.29, 1.82) is 0 Å². The van der Waals surface area contributed by atoms with Crippen LogP contribution < -0.4 is 5.32 Å². The van der Waals surface area contributed by atoms with E-state index in [1.165, 1.54) is 11.6 Å². The first kappa shape index (κ1) is 19.6. The second-order valence-electron chi connectivity index (χ2n) is 8.51. The number of phenolic OH excluding ortho intramolecular Hbond substituents is 1. The summed E-state index contributed by atoms with van der Waals surface area (Å²) in [4.78, 5) is 0. The molecule has 0 aliphatic heterocycles. The average molecular weight is 364 g/mol. The molecule has 0 atom stereocenters. The molecular weight excluding hydrogens is 337 g/mol. The minimum absolute atomic E-state index is 0.0262. The molecule has 0 aliphatic carbocycles. The van der Waals surface area contributed by atoms with Crippen molar-refractivity contribution in [2.45, 2.75) is 58.9 Å². The number of hydrogen-bond donors (Lipinski definition) is 2. The fourth-order valence-electron chi connectivity index (χ4n) is 2.64. The van der Waals surface area contributed by atoms with Gasteiger partial charge in [0.2, 0.25) is 0 Å². The highest BCUT2D eigenvalue weighted by molar-refractivity contribution is 6.31. The first-order valence-corrected chi connectivity index (χ1v) is 8.83. The van der Waals surface area contributed by atoms with E-state index >= 15 is 0 Å². The van der Waals surface area contributed by atoms with Crippen LogP contribution in [0.3, 0.4) is 0 Å². The maximum atomic E-state index is 13.3. The molecule has 2 N–H and O–H groups in total. The molecule has 0 radical (unpaired) electrons. The molecule has 0 saturated carbocycles. The number of phenols is 1. The maximum Gasteiger partial charge on any atom is 0.141 e. The van der Waals surface area contributed by atoms with E-state index in [0.717, 1.165) is 11.1 Å². The first-order chi connectivity index (χ1) is 11.4. The van der Waals surface area contributed by atoms with Crippen LogP contribution in [0.4, 0.5) is 10.1 Å². The standard InChI is InChI=1S/C21H27ClFNO/c1-20(2,3)14-9-13(19(25)16(10-14)21(4,5)6)12-24-15-7-8-18(23)17(22)11-15/h7-11,24-25H,12H2,1-6H3. The third-order valence-corrected chi connectivity index (χ3v) is 4.56. The molecule has 0 fully saturated rings. The Morgan fingerprint density at radius 3 is 2.16 bits per heavy atom. The molecule has 136 valence electrons. The normalized spacial score (nSPS) is 12.3. The molecule has 25 heavy (non-hydrogen) atoms. The van der Waals surface area contributed by atoms with E-state index in [4.69, 9.17) is 11.6 Å².